The van der Waals surface area contributed by atoms with Crippen molar-refractivity contribution in [2.45, 2.75) is 45.3 Å². The van der Waals surface area contributed by atoms with Crippen molar-refractivity contribution >= 4 is 6.03 Å². The molecule has 0 saturated carbocycles. The van der Waals surface area contributed by atoms with Crippen molar-refractivity contribution in [2.24, 2.45) is 0 Å². The van der Waals surface area contributed by atoms with Crippen LogP contribution in [-0.2, 0) is 13.1 Å². The highest BCUT2D eigenvalue weighted by atomic mass is 16.3. The quantitative estimate of drug-likeness (QED) is 0.770. The highest BCUT2D eigenvalue weighted by molar-refractivity contribution is 5.74. The number of carbonyl (C=O) groups excluding carboxylic acids is 1. The Morgan fingerprint density at radius 2 is 1.89 bits per heavy atom. The van der Waals surface area contributed by atoms with Crippen molar-refractivity contribution in [1.29, 1.82) is 0 Å². The average Bonchev–Trinajstić information content (AvgIpc) is 2.71. The molecule has 1 aromatic heterocycles. The van der Waals surface area contributed by atoms with Gasteiger partial charge in [0.25, 0.3) is 0 Å². The fourth-order valence-electron chi connectivity index (χ4n) is 3.62. The molecule has 2 heterocycles. The molecule has 28 heavy (non-hydrogen) atoms. The molecule has 1 saturated heterocycles. The maximum atomic E-state index is 13.0. The zero-order chi connectivity index (χ0) is 19.8. The van der Waals surface area contributed by atoms with Crippen molar-refractivity contribution in [1.82, 2.24) is 20.1 Å². The smallest absolute Gasteiger partial charge is 0.318 e. The van der Waals surface area contributed by atoms with Gasteiger partial charge in [0.1, 0.15) is 5.75 Å². The van der Waals surface area contributed by atoms with E-state index in [-0.39, 0.29) is 17.8 Å². The van der Waals surface area contributed by atoms with E-state index >= 15 is 0 Å². The lowest BCUT2D eigenvalue weighted by molar-refractivity contribution is 0.168. The van der Waals surface area contributed by atoms with Gasteiger partial charge in [-0.3, -0.25) is 4.98 Å². The van der Waals surface area contributed by atoms with Gasteiger partial charge < -0.3 is 20.2 Å². The number of urea groups is 1. The summed E-state index contributed by atoms with van der Waals surface area (Å²) in [5, 5.41) is 12.7. The highest BCUT2D eigenvalue weighted by Crippen LogP contribution is 2.15. The molecule has 1 aromatic carbocycles. The van der Waals surface area contributed by atoms with Crippen LogP contribution in [0, 0.1) is 0 Å². The predicted octanol–water partition coefficient (Wildman–Crippen LogP) is 3.37. The lowest BCUT2D eigenvalue weighted by Crippen LogP contribution is -2.49. The Balaban J connectivity index is 1.63. The van der Waals surface area contributed by atoms with Gasteiger partial charge in [0, 0.05) is 44.6 Å². The van der Waals surface area contributed by atoms with Gasteiger partial charge >= 0.3 is 6.03 Å². The van der Waals surface area contributed by atoms with Crippen LogP contribution in [0.5, 0.6) is 5.75 Å². The third-order valence-electron chi connectivity index (χ3n) is 5.15. The van der Waals surface area contributed by atoms with E-state index in [9.17, 15) is 9.90 Å². The molecule has 0 atom stereocenters. The first-order valence-corrected chi connectivity index (χ1v) is 10.1. The molecule has 1 fully saturated rings. The summed E-state index contributed by atoms with van der Waals surface area (Å²) >= 11 is 0. The number of aromatic nitrogens is 1. The van der Waals surface area contributed by atoms with Crippen LogP contribution >= 0.6 is 0 Å². The zero-order valence-electron chi connectivity index (χ0n) is 16.6. The second-order valence-electron chi connectivity index (χ2n) is 7.45. The van der Waals surface area contributed by atoms with E-state index in [0.717, 1.165) is 43.6 Å². The number of rotatable bonds is 7. The number of phenols is 1. The van der Waals surface area contributed by atoms with Crippen molar-refractivity contribution in [3.05, 3.63) is 59.9 Å². The molecule has 6 heteroatoms. The first-order chi connectivity index (χ1) is 13.6. The van der Waals surface area contributed by atoms with Crippen LogP contribution in [0.1, 0.15) is 37.3 Å². The molecule has 0 aliphatic carbocycles. The Labute approximate surface area is 167 Å². The number of likely N-dealkylation sites (tertiary alicyclic amines) is 1. The van der Waals surface area contributed by atoms with Gasteiger partial charge in [0.15, 0.2) is 0 Å². The van der Waals surface area contributed by atoms with Crippen LogP contribution in [0.3, 0.4) is 0 Å². The molecule has 0 unspecified atom stereocenters. The summed E-state index contributed by atoms with van der Waals surface area (Å²) in [7, 11) is 0. The summed E-state index contributed by atoms with van der Waals surface area (Å²) in [6.45, 7) is 6.39. The molecular weight excluding hydrogens is 352 g/mol. The summed E-state index contributed by atoms with van der Waals surface area (Å²) in [5.41, 5.74) is 1.98. The van der Waals surface area contributed by atoms with E-state index in [4.69, 9.17) is 0 Å². The van der Waals surface area contributed by atoms with Crippen molar-refractivity contribution < 1.29 is 9.90 Å². The molecule has 0 spiro atoms. The number of pyridine rings is 1. The maximum absolute atomic E-state index is 13.0. The van der Waals surface area contributed by atoms with Gasteiger partial charge in [-0.25, -0.2) is 4.79 Å². The van der Waals surface area contributed by atoms with Crippen LogP contribution in [0.25, 0.3) is 0 Å². The number of nitrogens with zero attached hydrogens (tertiary/aromatic N) is 3. The summed E-state index contributed by atoms with van der Waals surface area (Å²) in [5.74, 6) is 0.228. The van der Waals surface area contributed by atoms with Crippen molar-refractivity contribution in [2.75, 3.05) is 19.6 Å². The van der Waals surface area contributed by atoms with Crippen LogP contribution in [-0.4, -0.2) is 51.6 Å². The van der Waals surface area contributed by atoms with Gasteiger partial charge in [0.2, 0.25) is 0 Å². The Morgan fingerprint density at radius 3 is 2.54 bits per heavy atom. The molecule has 1 aliphatic rings. The largest absolute Gasteiger partial charge is 0.508 e. The van der Waals surface area contributed by atoms with Crippen molar-refractivity contribution in [3.63, 3.8) is 0 Å². The van der Waals surface area contributed by atoms with E-state index in [1.807, 2.05) is 29.2 Å². The number of phenolic OH excluding ortho intramolecular Hbond substituents is 1. The van der Waals surface area contributed by atoms with Crippen LogP contribution in [0.15, 0.2) is 48.8 Å². The number of nitrogens with one attached hydrogen (secondary N) is 1. The summed E-state index contributed by atoms with van der Waals surface area (Å²) in [6, 6.07) is 11.0. The van der Waals surface area contributed by atoms with Crippen LogP contribution in [0.4, 0.5) is 4.79 Å². The molecule has 1 aliphatic heterocycles. The lowest BCUT2D eigenvalue weighted by atomic mass is 10.1. The minimum atomic E-state index is -0.0501. The third-order valence-corrected chi connectivity index (χ3v) is 5.15. The van der Waals surface area contributed by atoms with Gasteiger partial charge in [-0.2, -0.15) is 0 Å². The van der Waals surface area contributed by atoms with Crippen LogP contribution < -0.4 is 5.32 Å². The second kappa shape index (κ2) is 10.1. The van der Waals surface area contributed by atoms with E-state index in [0.29, 0.717) is 13.1 Å². The molecule has 150 valence electrons. The van der Waals surface area contributed by atoms with E-state index in [2.05, 4.69) is 22.1 Å². The van der Waals surface area contributed by atoms with Crippen molar-refractivity contribution in [3.8, 4) is 5.75 Å². The minimum absolute atomic E-state index is 0.0501. The van der Waals surface area contributed by atoms with Gasteiger partial charge in [-0.05, 0) is 55.1 Å². The normalized spacial score (nSPS) is 15.3. The standard InChI is InChI=1S/C22H30N4O2/c1-2-12-25-13-9-20(10-14-25)24-22(28)26(17-19-4-3-11-23-15-19)16-18-5-7-21(27)8-6-18/h3-8,11,15,20,27H,2,9-10,12-14,16-17H2,1H3,(H,24,28). The predicted molar refractivity (Wildman–Crippen MR) is 110 cm³/mol. The SMILES string of the molecule is CCCN1CCC(NC(=O)N(Cc2ccc(O)cc2)Cc2cccnc2)CC1. The van der Waals surface area contributed by atoms with E-state index in [1.165, 1.54) is 6.42 Å². The summed E-state index contributed by atoms with van der Waals surface area (Å²) < 4.78 is 0. The number of hydrogen-bond acceptors (Lipinski definition) is 4. The number of benzene rings is 1. The third kappa shape index (κ3) is 5.96. The highest BCUT2D eigenvalue weighted by Gasteiger charge is 2.23. The number of amides is 2. The van der Waals surface area contributed by atoms with Gasteiger partial charge in [0.05, 0.1) is 0 Å². The Morgan fingerprint density at radius 1 is 1.18 bits per heavy atom. The Hall–Kier alpha value is -2.60. The topological polar surface area (TPSA) is 68.7 Å². The number of hydrogen-bond donors (Lipinski definition) is 2. The van der Waals surface area contributed by atoms with Crippen LogP contribution in [0.2, 0.25) is 0 Å². The molecule has 0 radical (unpaired) electrons. The molecule has 2 aromatic rings. The number of aromatic hydroxyl groups is 1. The summed E-state index contributed by atoms with van der Waals surface area (Å²) in [6.07, 6.45) is 6.68. The molecule has 6 nitrogen and oxygen atoms in total. The lowest BCUT2D eigenvalue weighted by Gasteiger charge is -2.33. The molecular formula is C22H30N4O2. The van der Waals surface area contributed by atoms with Gasteiger partial charge in [-0.15, -0.1) is 0 Å². The number of carbonyl (C=O) groups is 1. The second-order valence-corrected chi connectivity index (χ2v) is 7.45. The maximum Gasteiger partial charge on any atom is 0.318 e. The molecule has 0 bridgehead atoms. The fraction of sp³-hybridized carbons (Fsp3) is 0.455. The van der Waals surface area contributed by atoms with E-state index in [1.54, 1.807) is 24.5 Å². The van der Waals surface area contributed by atoms with E-state index < -0.39 is 0 Å². The minimum Gasteiger partial charge on any atom is -0.508 e. The molecule has 2 N–H and O–H groups in total. The molecule has 2 amide bonds. The summed E-state index contributed by atoms with van der Waals surface area (Å²) in [4.78, 5) is 21.5. The first-order valence-electron chi connectivity index (χ1n) is 10.1. The monoisotopic (exact) mass is 382 g/mol. The average molecular weight is 383 g/mol. The van der Waals surface area contributed by atoms with Gasteiger partial charge in [-0.1, -0.05) is 25.1 Å². The fourth-order valence-corrected chi connectivity index (χ4v) is 3.62. The zero-order valence-corrected chi connectivity index (χ0v) is 16.6. The number of piperidine rings is 1. The molecule has 3 rings (SSSR count). The first kappa shape index (κ1) is 20.1. The Bertz CT molecular complexity index is 728. The Kier molecular flexibility index (Phi) is 7.25.